The van der Waals surface area contributed by atoms with Gasteiger partial charge < -0.3 is 4.74 Å². The molecule has 0 unspecified atom stereocenters. The van der Waals surface area contributed by atoms with Crippen molar-refractivity contribution >= 4 is 23.4 Å². The van der Waals surface area contributed by atoms with Gasteiger partial charge in [-0.2, -0.15) is 0 Å². The Hall–Kier alpha value is -1.30. The van der Waals surface area contributed by atoms with Gasteiger partial charge in [-0.3, -0.25) is 15.1 Å². The maximum atomic E-state index is 11.8. The number of nitrogens with one attached hydrogen (secondary N) is 1. The van der Waals surface area contributed by atoms with Crippen LogP contribution in [0.3, 0.4) is 0 Å². The monoisotopic (exact) mass is 353 g/mol. The average molecular weight is 354 g/mol. The van der Waals surface area contributed by atoms with Crippen LogP contribution < -0.4 is 5.32 Å². The van der Waals surface area contributed by atoms with Crippen LogP contribution in [0.2, 0.25) is 5.02 Å². The number of halogens is 1. The molecule has 1 heterocycles. The zero-order valence-electron chi connectivity index (χ0n) is 15.0. The lowest BCUT2D eigenvalue weighted by Gasteiger charge is -2.46. The summed E-state index contributed by atoms with van der Waals surface area (Å²) in [5.74, 6) is 0. The molecule has 0 aromatic heterocycles. The third kappa shape index (κ3) is 5.65. The minimum atomic E-state index is -0.432. The number of ether oxygens (including phenoxy) is 1. The van der Waals surface area contributed by atoms with Gasteiger partial charge in [-0.1, -0.05) is 11.6 Å². The SMILES string of the molecule is C[C@@H]1CN(CCOC(=O)Nc2ccc(Cl)cc2)CCN1C(C)(C)C. The van der Waals surface area contributed by atoms with Gasteiger partial charge in [0.2, 0.25) is 0 Å². The van der Waals surface area contributed by atoms with Gasteiger partial charge in [-0.05, 0) is 52.0 Å². The van der Waals surface area contributed by atoms with Gasteiger partial charge in [0, 0.05) is 48.5 Å². The number of hydrogen-bond donors (Lipinski definition) is 1. The maximum Gasteiger partial charge on any atom is 0.411 e. The molecule has 0 aliphatic carbocycles. The molecule has 1 amide bonds. The third-order valence-electron chi connectivity index (χ3n) is 4.30. The average Bonchev–Trinajstić information content (AvgIpc) is 2.48. The quantitative estimate of drug-likeness (QED) is 0.896. The zero-order chi connectivity index (χ0) is 17.7. The van der Waals surface area contributed by atoms with Gasteiger partial charge in [-0.25, -0.2) is 4.79 Å². The Morgan fingerprint density at radius 1 is 1.29 bits per heavy atom. The molecule has 0 bridgehead atoms. The topological polar surface area (TPSA) is 44.8 Å². The van der Waals surface area contributed by atoms with Crippen LogP contribution in [0.15, 0.2) is 24.3 Å². The molecule has 1 aliphatic heterocycles. The second-order valence-corrected chi connectivity index (χ2v) is 7.72. The third-order valence-corrected chi connectivity index (χ3v) is 4.56. The summed E-state index contributed by atoms with van der Waals surface area (Å²) >= 11 is 5.82. The highest BCUT2D eigenvalue weighted by Crippen LogP contribution is 2.20. The summed E-state index contributed by atoms with van der Waals surface area (Å²) in [6, 6.07) is 7.45. The molecule has 1 N–H and O–H groups in total. The molecule has 1 aromatic rings. The zero-order valence-corrected chi connectivity index (χ0v) is 15.8. The number of anilines is 1. The normalized spacial score (nSPS) is 20.0. The molecule has 1 saturated heterocycles. The Bertz CT molecular complexity index is 542. The van der Waals surface area contributed by atoms with E-state index < -0.39 is 6.09 Å². The molecule has 1 atom stereocenters. The largest absolute Gasteiger partial charge is 0.448 e. The molecule has 5 nitrogen and oxygen atoms in total. The van der Waals surface area contributed by atoms with Crippen molar-refractivity contribution in [3.8, 4) is 0 Å². The molecule has 0 radical (unpaired) electrons. The van der Waals surface area contributed by atoms with Crippen molar-refractivity contribution in [2.24, 2.45) is 0 Å². The summed E-state index contributed by atoms with van der Waals surface area (Å²) in [5.41, 5.74) is 0.873. The Kier molecular flexibility index (Phi) is 6.49. The van der Waals surface area contributed by atoms with Crippen molar-refractivity contribution in [1.29, 1.82) is 0 Å². The molecular formula is C18H28ClN3O2. The fourth-order valence-electron chi connectivity index (χ4n) is 3.19. The van der Waals surface area contributed by atoms with Crippen LogP contribution >= 0.6 is 11.6 Å². The molecular weight excluding hydrogens is 326 g/mol. The first-order valence-corrected chi connectivity index (χ1v) is 8.82. The first-order chi connectivity index (χ1) is 11.3. The van der Waals surface area contributed by atoms with Gasteiger partial charge in [0.1, 0.15) is 6.61 Å². The highest BCUT2D eigenvalue weighted by Gasteiger charge is 2.31. The van der Waals surface area contributed by atoms with Crippen LogP contribution in [0.25, 0.3) is 0 Å². The van der Waals surface area contributed by atoms with Crippen LogP contribution in [0.4, 0.5) is 10.5 Å². The number of piperazine rings is 1. The second kappa shape index (κ2) is 8.19. The number of hydrogen-bond acceptors (Lipinski definition) is 4. The fraction of sp³-hybridized carbons (Fsp3) is 0.611. The molecule has 0 spiro atoms. The molecule has 1 aromatic carbocycles. The molecule has 6 heteroatoms. The summed E-state index contributed by atoms with van der Waals surface area (Å²) in [6.45, 7) is 13.2. The fourth-order valence-corrected chi connectivity index (χ4v) is 3.31. The number of carbonyl (C=O) groups excluding carboxylic acids is 1. The summed E-state index contributed by atoms with van der Waals surface area (Å²) in [7, 11) is 0. The van der Waals surface area contributed by atoms with Crippen LogP contribution in [-0.4, -0.2) is 60.3 Å². The first-order valence-electron chi connectivity index (χ1n) is 8.44. The second-order valence-electron chi connectivity index (χ2n) is 7.28. The Morgan fingerprint density at radius 3 is 2.54 bits per heavy atom. The van der Waals surface area contributed by atoms with E-state index in [1.165, 1.54) is 0 Å². The summed E-state index contributed by atoms with van der Waals surface area (Å²) in [6.07, 6.45) is -0.432. The predicted octanol–water partition coefficient (Wildman–Crippen LogP) is 3.69. The van der Waals surface area contributed by atoms with E-state index in [0.717, 1.165) is 26.2 Å². The van der Waals surface area contributed by atoms with E-state index in [9.17, 15) is 4.79 Å². The summed E-state index contributed by atoms with van der Waals surface area (Å²) in [5, 5.41) is 3.33. The van der Waals surface area contributed by atoms with Crippen molar-refractivity contribution in [3.63, 3.8) is 0 Å². The van der Waals surface area contributed by atoms with Crippen molar-refractivity contribution in [3.05, 3.63) is 29.3 Å². The van der Waals surface area contributed by atoms with E-state index in [1.54, 1.807) is 24.3 Å². The van der Waals surface area contributed by atoms with Gasteiger partial charge in [0.05, 0.1) is 0 Å². The summed E-state index contributed by atoms with van der Waals surface area (Å²) < 4.78 is 5.27. The van der Waals surface area contributed by atoms with Crippen LogP contribution in [0.1, 0.15) is 27.7 Å². The van der Waals surface area contributed by atoms with Crippen molar-refractivity contribution in [1.82, 2.24) is 9.80 Å². The number of nitrogens with zero attached hydrogens (tertiary/aromatic N) is 2. The number of carbonyl (C=O) groups is 1. The molecule has 134 valence electrons. The highest BCUT2D eigenvalue weighted by atomic mass is 35.5. The Balaban J connectivity index is 1.69. The van der Waals surface area contributed by atoms with E-state index >= 15 is 0 Å². The van der Waals surface area contributed by atoms with Crippen LogP contribution in [-0.2, 0) is 4.74 Å². The van der Waals surface area contributed by atoms with Gasteiger partial charge in [-0.15, -0.1) is 0 Å². The number of amides is 1. The lowest BCUT2D eigenvalue weighted by atomic mass is 10.0. The molecule has 0 saturated carbocycles. The van der Waals surface area contributed by atoms with Crippen LogP contribution in [0, 0.1) is 0 Å². The summed E-state index contributed by atoms with van der Waals surface area (Å²) in [4.78, 5) is 16.7. The Morgan fingerprint density at radius 2 is 1.96 bits per heavy atom. The van der Waals surface area contributed by atoms with E-state index in [4.69, 9.17) is 16.3 Å². The van der Waals surface area contributed by atoms with Gasteiger partial charge >= 0.3 is 6.09 Å². The van der Waals surface area contributed by atoms with E-state index in [0.29, 0.717) is 23.4 Å². The van der Waals surface area contributed by atoms with Crippen molar-refractivity contribution < 1.29 is 9.53 Å². The van der Waals surface area contributed by atoms with E-state index in [-0.39, 0.29) is 5.54 Å². The van der Waals surface area contributed by atoms with Crippen molar-refractivity contribution in [2.45, 2.75) is 39.3 Å². The first kappa shape index (κ1) is 19.0. The van der Waals surface area contributed by atoms with Crippen LogP contribution in [0.5, 0.6) is 0 Å². The molecule has 24 heavy (non-hydrogen) atoms. The van der Waals surface area contributed by atoms with E-state index in [1.807, 2.05) is 0 Å². The lowest BCUT2D eigenvalue weighted by Crippen LogP contribution is -2.58. The van der Waals surface area contributed by atoms with Gasteiger partial charge in [0.15, 0.2) is 0 Å². The number of benzene rings is 1. The molecule has 1 fully saturated rings. The predicted molar refractivity (Wildman–Crippen MR) is 98.8 cm³/mol. The minimum absolute atomic E-state index is 0.195. The number of rotatable bonds is 4. The van der Waals surface area contributed by atoms with E-state index in [2.05, 4.69) is 42.8 Å². The van der Waals surface area contributed by atoms with Crippen molar-refractivity contribution in [2.75, 3.05) is 38.1 Å². The van der Waals surface area contributed by atoms with Gasteiger partial charge in [0.25, 0.3) is 0 Å². The Labute approximate surface area is 149 Å². The maximum absolute atomic E-state index is 11.8. The minimum Gasteiger partial charge on any atom is -0.448 e. The standard InChI is InChI=1S/C18H28ClN3O2/c1-14-13-21(9-10-22(14)18(2,3)4)11-12-24-17(23)20-16-7-5-15(19)6-8-16/h5-8,14H,9-13H2,1-4H3,(H,20,23)/t14-/m1/s1. The molecule has 2 rings (SSSR count). The molecule has 1 aliphatic rings. The lowest BCUT2D eigenvalue weighted by molar-refractivity contribution is 0.0121. The highest BCUT2D eigenvalue weighted by molar-refractivity contribution is 6.30. The smallest absolute Gasteiger partial charge is 0.411 e.